The molecule has 0 aliphatic heterocycles. The number of nitrogens with zero attached hydrogens (tertiary/aromatic N) is 1. The molecular formula is C20H19Cl2N5O3. The van der Waals surface area contributed by atoms with Crippen LogP contribution in [0.25, 0.3) is 10.8 Å². The molecule has 3 aromatic rings. The summed E-state index contributed by atoms with van der Waals surface area (Å²) < 4.78 is 5.47. The summed E-state index contributed by atoms with van der Waals surface area (Å²) in [7, 11) is 0. The van der Waals surface area contributed by atoms with Gasteiger partial charge in [0.25, 0.3) is 5.91 Å². The quantitative estimate of drug-likeness (QED) is 0.266. The summed E-state index contributed by atoms with van der Waals surface area (Å²) in [5, 5.41) is 6.05. The Bertz CT molecular complexity index is 1120. The van der Waals surface area contributed by atoms with Crippen LogP contribution >= 0.6 is 23.2 Å². The van der Waals surface area contributed by atoms with Crippen molar-refractivity contribution < 1.29 is 14.3 Å². The van der Waals surface area contributed by atoms with Crippen molar-refractivity contribution in [2.45, 2.75) is 6.92 Å². The molecule has 0 saturated heterocycles. The number of amides is 3. The van der Waals surface area contributed by atoms with Crippen LogP contribution in [0, 0.1) is 0 Å². The summed E-state index contributed by atoms with van der Waals surface area (Å²) in [6.45, 7) is 2.15. The predicted octanol–water partition coefficient (Wildman–Crippen LogP) is 4.06. The number of anilines is 2. The fourth-order valence-electron chi connectivity index (χ4n) is 2.84. The molecule has 30 heavy (non-hydrogen) atoms. The van der Waals surface area contributed by atoms with E-state index in [1.165, 1.54) is 12.1 Å². The highest BCUT2D eigenvalue weighted by Crippen LogP contribution is 2.36. The summed E-state index contributed by atoms with van der Waals surface area (Å²) in [4.78, 5) is 24.8. The first kappa shape index (κ1) is 21.7. The number of hydrogen-bond acceptors (Lipinski definition) is 5. The number of halogens is 2. The zero-order valence-electron chi connectivity index (χ0n) is 15.9. The molecule has 0 aliphatic carbocycles. The van der Waals surface area contributed by atoms with E-state index >= 15 is 0 Å². The molecule has 0 atom stereocenters. The number of hydrazine groups is 2. The fraction of sp³-hybridized carbons (Fsp3) is 0.100. The van der Waals surface area contributed by atoms with Crippen molar-refractivity contribution >= 4 is 57.3 Å². The number of rotatable bonds is 5. The maximum absolute atomic E-state index is 12.9. The van der Waals surface area contributed by atoms with Crippen molar-refractivity contribution in [2.75, 3.05) is 16.9 Å². The van der Waals surface area contributed by atoms with Crippen molar-refractivity contribution in [2.24, 2.45) is 11.7 Å². The molecule has 0 fully saturated rings. The minimum absolute atomic E-state index is 0.132. The van der Waals surface area contributed by atoms with Gasteiger partial charge in [0.05, 0.1) is 23.0 Å². The van der Waals surface area contributed by atoms with Crippen LogP contribution in [-0.2, 0) is 0 Å². The number of ether oxygens (including phenoxy) is 1. The van der Waals surface area contributed by atoms with E-state index in [-0.39, 0.29) is 16.4 Å². The summed E-state index contributed by atoms with van der Waals surface area (Å²) in [6.07, 6.45) is 0. The lowest BCUT2D eigenvalue weighted by molar-refractivity contribution is 0.102. The average Bonchev–Trinajstić information content (AvgIpc) is 2.74. The van der Waals surface area contributed by atoms with Gasteiger partial charge in [-0.05, 0) is 48.0 Å². The van der Waals surface area contributed by atoms with E-state index in [1.807, 2.05) is 17.6 Å². The smallest absolute Gasteiger partial charge is 0.350 e. The second-order valence-electron chi connectivity index (χ2n) is 6.21. The Balaban J connectivity index is 1.99. The lowest BCUT2D eigenvalue weighted by Crippen LogP contribution is -2.48. The van der Waals surface area contributed by atoms with Crippen molar-refractivity contribution in [1.29, 1.82) is 0 Å². The molecule has 0 radical (unpaired) electrons. The number of nitrogens with one attached hydrogen (secondary N) is 2. The molecule has 0 aromatic heterocycles. The number of carbonyl (C=O) groups is 2. The van der Waals surface area contributed by atoms with Crippen LogP contribution in [0.4, 0.5) is 16.2 Å². The van der Waals surface area contributed by atoms with E-state index in [1.54, 1.807) is 31.2 Å². The molecule has 156 valence electrons. The summed E-state index contributed by atoms with van der Waals surface area (Å²) >= 11 is 12.2. The Labute approximate surface area is 182 Å². The molecule has 3 aromatic carbocycles. The Morgan fingerprint density at radius 2 is 1.77 bits per heavy atom. The molecular weight excluding hydrogens is 429 g/mol. The van der Waals surface area contributed by atoms with Crippen molar-refractivity contribution in [3.05, 3.63) is 64.1 Å². The van der Waals surface area contributed by atoms with Crippen LogP contribution in [0.5, 0.6) is 5.75 Å². The first-order valence-corrected chi connectivity index (χ1v) is 9.62. The van der Waals surface area contributed by atoms with Gasteiger partial charge < -0.3 is 10.1 Å². The summed E-state index contributed by atoms with van der Waals surface area (Å²) in [6, 6.07) is 12.7. The topological polar surface area (TPSA) is 123 Å². The van der Waals surface area contributed by atoms with Crippen molar-refractivity contribution in [1.82, 2.24) is 5.43 Å². The van der Waals surface area contributed by atoms with Crippen LogP contribution < -0.4 is 32.2 Å². The first-order chi connectivity index (χ1) is 14.3. The van der Waals surface area contributed by atoms with Gasteiger partial charge in [0.1, 0.15) is 5.75 Å². The Kier molecular flexibility index (Phi) is 6.63. The van der Waals surface area contributed by atoms with Crippen molar-refractivity contribution in [3.63, 3.8) is 0 Å². The maximum atomic E-state index is 12.9. The molecule has 0 heterocycles. The molecule has 6 N–H and O–H groups in total. The van der Waals surface area contributed by atoms with Crippen LogP contribution in [0.2, 0.25) is 10.0 Å². The van der Waals surface area contributed by atoms with Gasteiger partial charge in [0.15, 0.2) is 0 Å². The average molecular weight is 448 g/mol. The third kappa shape index (κ3) is 4.58. The molecule has 3 amide bonds. The largest absolute Gasteiger partial charge is 0.492 e. The number of nitrogens with two attached hydrogens (primary N) is 2. The molecule has 0 spiro atoms. The van der Waals surface area contributed by atoms with Crippen LogP contribution in [0.15, 0.2) is 48.5 Å². The number of carbonyl (C=O) groups excluding carboxylic acids is 2. The molecule has 10 heteroatoms. The van der Waals surface area contributed by atoms with E-state index in [0.29, 0.717) is 22.9 Å². The lowest BCUT2D eigenvalue weighted by atomic mass is 10.1. The molecule has 0 unspecified atom stereocenters. The number of benzene rings is 3. The minimum Gasteiger partial charge on any atom is -0.492 e. The molecule has 3 rings (SSSR count). The third-order valence-electron chi connectivity index (χ3n) is 4.26. The first-order valence-electron chi connectivity index (χ1n) is 8.86. The second-order valence-corrected chi connectivity index (χ2v) is 7.06. The Morgan fingerprint density at radius 3 is 2.47 bits per heavy atom. The molecule has 8 nitrogen and oxygen atoms in total. The maximum Gasteiger partial charge on any atom is 0.350 e. The van der Waals surface area contributed by atoms with Crippen LogP contribution in [0.1, 0.15) is 17.3 Å². The predicted molar refractivity (Wildman–Crippen MR) is 119 cm³/mol. The van der Waals surface area contributed by atoms with E-state index in [0.717, 1.165) is 15.8 Å². The van der Waals surface area contributed by atoms with Gasteiger partial charge in [-0.15, -0.1) is 0 Å². The monoisotopic (exact) mass is 447 g/mol. The zero-order valence-corrected chi connectivity index (χ0v) is 17.4. The highest BCUT2D eigenvalue weighted by molar-refractivity contribution is 6.33. The summed E-state index contributed by atoms with van der Waals surface area (Å²) in [5.41, 5.74) is 2.67. The van der Waals surface area contributed by atoms with Gasteiger partial charge in [-0.25, -0.2) is 21.5 Å². The number of hydrogen-bond donors (Lipinski definition) is 4. The van der Waals surface area contributed by atoms with Gasteiger partial charge in [-0.2, -0.15) is 0 Å². The third-order valence-corrected chi connectivity index (χ3v) is 4.80. The van der Waals surface area contributed by atoms with E-state index in [9.17, 15) is 9.59 Å². The molecule has 0 aliphatic rings. The van der Waals surface area contributed by atoms with Gasteiger partial charge >= 0.3 is 6.03 Å². The SMILES string of the molecule is CCOc1cc(NC(=O)c2ccc3cc(Cl)ccc3c2)c(N(N)C(=O)NN)cc1Cl. The van der Waals surface area contributed by atoms with E-state index in [4.69, 9.17) is 39.6 Å². The lowest BCUT2D eigenvalue weighted by Gasteiger charge is -2.21. The number of urea groups is 1. The van der Waals surface area contributed by atoms with E-state index < -0.39 is 11.9 Å². The Hall–Kier alpha value is -3.04. The zero-order chi connectivity index (χ0) is 21.8. The van der Waals surface area contributed by atoms with Crippen LogP contribution in [-0.4, -0.2) is 18.5 Å². The minimum atomic E-state index is -0.798. The van der Waals surface area contributed by atoms with Crippen LogP contribution in [0.3, 0.4) is 0 Å². The molecule has 0 bridgehead atoms. The van der Waals surface area contributed by atoms with Gasteiger partial charge in [0, 0.05) is 16.7 Å². The van der Waals surface area contributed by atoms with Gasteiger partial charge in [-0.3, -0.25) is 10.2 Å². The molecule has 0 saturated carbocycles. The van der Waals surface area contributed by atoms with Gasteiger partial charge in [0.2, 0.25) is 0 Å². The normalized spacial score (nSPS) is 10.6. The number of fused-ring (bicyclic) bond motifs is 1. The fourth-order valence-corrected chi connectivity index (χ4v) is 3.23. The highest BCUT2D eigenvalue weighted by atomic mass is 35.5. The standard InChI is InChI=1S/C20H19Cl2N5O3/c1-2-30-18-10-16(17(9-15(18)22)27(24)20(29)26-23)25-19(28)13-4-3-12-8-14(21)6-5-11(12)7-13/h3-10H,2,23-24H2,1H3,(H,25,28)(H,26,29). The summed E-state index contributed by atoms with van der Waals surface area (Å²) in [5.74, 6) is 10.9. The van der Waals surface area contributed by atoms with Crippen molar-refractivity contribution in [3.8, 4) is 5.75 Å². The van der Waals surface area contributed by atoms with Gasteiger partial charge in [-0.1, -0.05) is 35.3 Å². The highest BCUT2D eigenvalue weighted by Gasteiger charge is 2.20. The second kappa shape index (κ2) is 9.19. The van der Waals surface area contributed by atoms with E-state index in [2.05, 4.69) is 5.32 Å². The Morgan fingerprint density at radius 1 is 1.07 bits per heavy atom.